The molecule has 0 bridgehead atoms. The Morgan fingerprint density at radius 2 is 2.25 bits per heavy atom. The topological polar surface area (TPSA) is 51.2 Å². The van der Waals surface area contributed by atoms with Gasteiger partial charge in [0.15, 0.2) is 0 Å². The molecule has 0 unspecified atom stereocenters. The third kappa shape index (κ3) is 2.32. The lowest BCUT2D eigenvalue weighted by Crippen LogP contribution is -2.25. The van der Waals surface area contributed by atoms with Crippen molar-refractivity contribution in [3.63, 3.8) is 0 Å². The Balaban J connectivity index is 2.54. The Hall–Kier alpha value is -1.42. The Labute approximate surface area is 70.6 Å². The fourth-order valence-electron chi connectivity index (χ4n) is 0.743. The van der Waals surface area contributed by atoms with Gasteiger partial charge in [-0.25, -0.2) is 0 Å². The van der Waals surface area contributed by atoms with E-state index in [1.54, 1.807) is 24.5 Å². The highest BCUT2D eigenvalue weighted by Gasteiger charge is 2.01. The lowest BCUT2D eigenvalue weighted by Gasteiger charge is -2.01. The third-order valence-corrected chi connectivity index (χ3v) is 1.32. The van der Waals surface area contributed by atoms with Crippen molar-refractivity contribution < 1.29 is 9.53 Å². The first-order chi connectivity index (χ1) is 5.84. The molecule has 1 aromatic heterocycles. The van der Waals surface area contributed by atoms with Crippen LogP contribution in [0.2, 0.25) is 0 Å². The van der Waals surface area contributed by atoms with Gasteiger partial charge in [0.2, 0.25) is 0 Å². The maximum atomic E-state index is 11.2. The molecule has 0 spiro atoms. The first-order valence-corrected chi connectivity index (χ1v) is 3.52. The van der Waals surface area contributed by atoms with Gasteiger partial charge in [0.1, 0.15) is 6.73 Å². The summed E-state index contributed by atoms with van der Waals surface area (Å²) in [7, 11) is 1.52. The van der Waals surface area contributed by atoms with Crippen molar-refractivity contribution >= 4 is 5.91 Å². The molecule has 1 amide bonds. The summed E-state index contributed by atoms with van der Waals surface area (Å²) in [4.78, 5) is 15.0. The summed E-state index contributed by atoms with van der Waals surface area (Å²) in [5.41, 5.74) is 0.585. The molecule has 0 atom stereocenters. The predicted molar refractivity (Wildman–Crippen MR) is 43.6 cm³/mol. The van der Waals surface area contributed by atoms with Gasteiger partial charge in [-0.2, -0.15) is 0 Å². The second kappa shape index (κ2) is 4.46. The maximum Gasteiger partial charge on any atom is 0.253 e. The van der Waals surface area contributed by atoms with Crippen LogP contribution in [0.15, 0.2) is 24.5 Å². The number of hydrogen-bond donors (Lipinski definition) is 1. The van der Waals surface area contributed by atoms with Gasteiger partial charge in [-0.1, -0.05) is 0 Å². The molecule has 0 aliphatic carbocycles. The minimum atomic E-state index is -0.153. The van der Waals surface area contributed by atoms with E-state index in [-0.39, 0.29) is 12.6 Å². The monoisotopic (exact) mass is 166 g/mol. The summed E-state index contributed by atoms with van der Waals surface area (Å²) in [5, 5.41) is 2.56. The Kier molecular flexibility index (Phi) is 3.22. The van der Waals surface area contributed by atoms with Crippen molar-refractivity contribution in [3.8, 4) is 0 Å². The minimum Gasteiger partial charge on any atom is -0.364 e. The van der Waals surface area contributed by atoms with Crippen molar-refractivity contribution in [2.75, 3.05) is 13.8 Å². The first kappa shape index (κ1) is 8.67. The van der Waals surface area contributed by atoms with Gasteiger partial charge in [-0.05, 0) is 12.1 Å². The van der Waals surface area contributed by atoms with Gasteiger partial charge < -0.3 is 10.1 Å². The number of carbonyl (C=O) groups excluding carboxylic acids is 1. The van der Waals surface area contributed by atoms with Crippen molar-refractivity contribution in [1.29, 1.82) is 0 Å². The summed E-state index contributed by atoms with van der Waals surface area (Å²) in [5.74, 6) is -0.153. The number of aromatic nitrogens is 1. The smallest absolute Gasteiger partial charge is 0.253 e. The molecule has 4 heteroatoms. The summed E-state index contributed by atoms with van der Waals surface area (Å²) >= 11 is 0. The first-order valence-electron chi connectivity index (χ1n) is 3.52. The average Bonchev–Trinajstić information content (AvgIpc) is 2.15. The van der Waals surface area contributed by atoms with E-state index in [1.807, 2.05) is 0 Å². The molecule has 0 saturated heterocycles. The third-order valence-electron chi connectivity index (χ3n) is 1.32. The normalized spacial score (nSPS) is 9.42. The van der Waals surface area contributed by atoms with Gasteiger partial charge in [0, 0.05) is 25.1 Å². The second-order valence-electron chi connectivity index (χ2n) is 2.17. The van der Waals surface area contributed by atoms with Crippen molar-refractivity contribution in [3.05, 3.63) is 30.1 Å². The van der Waals surface area contributed by atoms with E-state index < -0.39 is 0 Å². The van der Waals surface area contributed by atoms with Gasteiger partial charge >= 0.3 is 0 Å². The molecule has 64 valence electrons. The molecule has 1 N–H and O–H groups in total. The summed E-state index contributed by atoms with van der Waals surface area (Å²) in [6.07, 6.45) is 3.14. The van der Waals surface area contributed by atoms with Crippen molar-refractivity contribution in [1.82, 2.24) is 10.3 Å². The molecule has 1 heterocycles. The molecule has 1 aromatic rings. The Morgan fingerprint density at radius 1 is 1.58 bits per heavy atom. The highest BCUT2D eigenvalue weighted by Crippen LogP contribution is 1.94. The standard InChI is InChI=1S/C8H10N2O2/c1-12-6-10-8(11)7-2-4-9-5-3-7/h2-5H,6H2,1H3,(H,10,11). The number of ether oxygens (including phenoxy) is 1. The fraction of sp³-hybridized carbons (Fsp3) is 0.250. The molecule has 0 saturated carbocycles. The predicted octanol–water partition coefficient (Wildman–Crippen LogP) is 0.415. The molecule has 4 nitrogen and oxygen atoms in total. The summed E-state index contributed by atoms with van der Waals surface area (Å²) in [6.45, 7) is 0.223. The number of nitrogens with one attached hydrogen (secondary N) is 1. The molecule has 1 rings (SSSR count). The molecule has 0 aliphatic rings. The van der Waals surface area contributed by atoms with Crippen LogP contribution >= 0.6 is 0 Å². The van der Waals surface area contributed by atoms with Crippen LogP contribution in [-0.2, 0) is 4.74 Å². The average molecular weight is 166 g/mol. The maximum absolute atomic E-state index is 11.2. The lowest BCUT2D eigenvalue weighted by atomic mass is 10.2. The second-order valence-corrected chi connectivity index (χ2v) is 2.17. The SMILES string of the molecule is COCNC(=O)c1ccncc1. The van der Waals surface area contributed by atoms with E-state index >= 15 is 0 Å². The van der Waals surface area contributed by atoms with E-state index in [0.717, 1.165) is 0 Å². The molecule has 0 radical (unpaired) electrons. The number of methoxy groups -OCH3 is 1. The Morgan fingerprint density at radius 3 is 2.83 bits per heavy atom. The molecule has 0 aliphatic heterocycles. The number of amides is 1. The number of carbonyl (C=O) groups is 1. The quantitative estimate of drug-likeness (QED) is 0.662. The number of nitrogens with zero attached hydrogens (tertiary/aromatic N) is 1. The zero-order valence-electron chi connectivity index (χ0n) is 6.78. The van der Waals surface area contributed by atoms with Crippen LogP contribution in [0, 0.1) is 0 Å². The zero-order valence-corrected chi connectivity index (χ0v) is 6.78. The molecule has 12 heavy (non-hydrogen) atoms. The van der Waals surface area contributed by atoms with E-state index in [2.05, 4.69) is 15.0 Å². The van der Waals surface area contributed by atoms with Crippen LogP contribution in [0.25, 0.3) is 0 Å². The van der Waals surface area contributed by atoms with Crippen molar-refractivity contribution in [2.45, 2.75) is 0 Å². The van der Waals surface area contributed by atoms with Crippen LogP contribution in [0.4, 0.5) is 0 Å². The van der Waals surface area contributed by atoms with Crippen LogP contribution in [0.5, 0.6) is 0 Å². The highest BCUT2D eigenvalue weighted by atomic mass is 16.5. The number of hydrogen-bond acceptors (Lipinski definition) is 3. The number of rotatable bonds is 3. The van der Waals surface area contributed by atoms with E-state index in [1.165, 1.54) is 7.11 Å². The van der Waals surface area contributed by atoms with Gasteiger partial charge in [0.05, 0.1) is 0 Å². The van der Waals surface area contributed by atoms with E-state index in [9.17, 15) is 4.79 Å². The molecule has 0 aromatic carbocycles. The van der Waals surface area contributed by atoms with Gasteiger partial charge in [0.25, 0.3) is 5.91 Å². The van der Waals surface area contributed by atoms with Crippen LogP contribution in [-0.4, -0.2) is 24.7 Å². The molecular weight excluding hydrogens is 156 g/mol. The molecule has 0 fully saturated rings. The lowest BCUT2D eigenvalue weighted by molar-refractivity contribution is 0.0872. The summed E-state index contributed by atoms with van der Waals surface area (Å²) in [6, 6.07) is 3.29. The van der Waals surface area contributed by atoms with E-state index in [4.69, 9.17) is 0 Å². The van der Waals surface area contributed by atoms with Crippen LogP contribution in [0.1, 0.15) is 10.4 Å². The number of pyridine rings is 1. The van der Waals surface area contributed by atoms with Gasteiger partial charge in [-0.15, -0.1) is 0 Å². The van der Waals surface area contributed by atoms with Crippen molar-refractivity contribution in [2.24, 2.45) is 0 Å². The highest BCUT2D eigenvalue weighted by molar-refractivity contribution is 5.93. The minimum absolute atomic E-state index is 0.153. The van der Waals surface area contributed by atoms with Crippen LogP contribution in [0.3, 0.4) is 0 Å². The van der Waals surface area contributed by atoms with Crippen LogP contribution < -0.4 is 5.32 Å². The molecular formula is C8H10N2O2. The van der Waals surface area contributed by atoms with E-state index in [0.29, 0.717) is 5.56 Å². The Bertz CT molecular complexity index is 248. The largest absolute Gasteiger partial charge is 0.364 e. The summed E-state index contributed by atoms with van der Waals surface area (Å²) < 4.78 is 4.69. The zero-order chi connectivity index (χ0) is 8.81. The fourth-order valence-corrected chi connectivity index (χ4v) is 0.743. The van der Waals surface area contributed by atoms with Gasteiger partial charge in [-0.3, -0.25) is 9.78 Å².